The quantitative estimate of drug-likeness (QED) is 0.495. The highest BCUT2D eigenvalue weighted by atomic mass is 32.1. The normalized spacial score (nSPS) is 14.0. The molecular formula is C25H29N3O3S. The number of thiocarbonyl (C=S) groups is 1. The second kappa shape index (κ2) is 12.0. The maximum absolute atomic E-state index is 12.7. The van der Waals surface area contributed by atoms with E-state index in [0.717, 1.165) is 37.2 Å². The standard InChI is InChI=1S/C25H29N3O3S/c1-2-31-22-14-7-19(8-15-22)9-16-23(29)27-25(32)26-21-12-10-20(11-13-21)24(30)28-17-5-3-4-6-18-28/h7-16H,2-6,17-18H2,1H3,(H2,26,27,29,32)/b16-9+. The van der Waals surface area contributed by atoms with Gasteiger partial charge in [0.1, 0.15) is 5.75 Å². The van der Waals surface area contributed by atoms with Gasteiger partial charge in [0, 0.05) is 30.4 Å². The predicted molar refractivity (Wildman–Crippen MR) is 132 cm³/mol. The van der Waals surface area contributed by atoms with E-state index in [1.54, 1.807) is 30.3 Å². The first kappa shape index (κ1) is 23.5. The van der Waals surface area contributed by atoms with E-state index in [4.69, 9.17) is 17.0 Å². The average Bonchev–Trinajstić information content (AvgIpc) is 3.08. The first-order chi connectivity index (χ1) is 15.5. The maximum atomic E-state index is 12.7. The minimum absolute atomic E-state index is 0.0637. The Morgan fingerprint density at radius 3 is 2.28 bits per heavy atom. The molecule has 0 bridgehead atoms. The van der Waals surface area contributed by atoms with E-state index >= 15 is 0 Å². The molecule has 0 aliphatic carbocycles. The van der Waals surface area contributed by atoms with Crippen molar-refractivity contribution in [3.8, 4) is 5.75 Å². The van der Waals surface area contributed by atoms with Gasteiger partial charge < -0.3 is 15.0 Å². The van der Waals surface area contributed by atoms with Gasteiger partial charge in [0.15, 0.2) is 5.11 Å². The number of hydrogen-bond donors (Lipinski definition) is 2. The molecule has 1 aliphatic rings. The summed E-state index contributed by atoms with van der Waals surface area (Å²) in [6.45, 7) is 4.18. The van der Waals surface area contributed by atoms with Gasteiger partial charge in [0.05, 0.1) is 6.61 Å². The number of rotatable bonds is 6. The molecular weight excluding hydrogens is 422 g/mol. The Hall–Kier alpha value is -3.19. The minimum Gasteiger partial charge on any atom is -0.494 e. The number of carbonyl (C=O) groups excluding carboxylic acids is 2. The summed E-state index contributed by atoms with van der Waals surface area (Å²) in [5, 5.41) is 5.79. The first-order valence-electron chi connectivity index (χ1n) is 11.0. The Morgan fingerprint density at radius 1 is 1.00 bits per heavy atom. The molecule has 168 valence electrons. The second-order valence-corrected chi connectivity index (χ2v) is 7.97. The molecule has 0 atom stereocenters. The van der Waals surface area contributed by atoms with E-state index in [0.29, 0.717) is 17.9 Å². The number of nitrogens with zero attached hydrogens (tertiary/aromatic N) is 1. The number of nitrogens with one attached hydrogen (secondary N) is 2. The van der Waals surface area contributed by atoms with Crippen molar-refractivity contribution < 1.29 is 14.3 Å². The SMILES string of the molecule is CCOc1ccc(/C=C/C(=O)NC(=S)Nc2ccc(C(=O)N3CCCCCC3)cc2)cc1. The van der Waals surface area contributed by atoms with Gasteiger partial charge in [0.25, 0.3) is 5.91 Å². The Balaban J connectivity index is 1.48. The molecule has 32 heavy (non-hydrogen) atoms. The first-order valence-corrected chi connectivity index (χ1v) is 11.4. The fourth-order valence-corrected chi connectivity index (χ4v) is 3.70. The zero-order valence-corrected chi connectivity index (χ0v) is 19.1. The predicted octanol–water partition coefficient (Wildman–Crippen LogP) is 4.63. The molecule has 0 radical (unpaired) electrons. The number of hydrogen-bond acceptors (Lipinski definition) is 4. The van der Waals surface area contributed by atoms with E-state index in [1.165, 1.54) is 18.9 Å². The van der Waals surface area contributed by atoms with E-state index in [-0.39, 0.29) is 16.9 Å². The van der Waals surface area contributed by atoms with Crippen molar-refractivity contribution in [2.45, 2.75) is 32.6 Å². The summed E-state index contributed by atoms with van der Waals surface area (Å²) in [6.07, 6.45) is 7.62. The Bertz CT molecular complexity index is 947. The third-order valence-electron chi connectivity index (χ3n) is 5.14. The highest BCUT2D eigenvalue weighted by molar-refractivity contribution is 7.80. The molecule has 2 amide bonds. The van der Waals surface area contributed by atoms with Gasteiger partial charge >= 0.3 is 0 Å². The van der Waals surface area contributed by atoms with Crippen LogP contribution in [0.25, 0.3) is 6.08 Å². The van der Waals surface area contributed by atoms with Gasteiger partial charge in [-0.2, -0.15) is 0 Å². The molecule has 1 heterocycles. The van der Waals surface area contributed by atoms with Crippen LogP contribution in [0, 0.1) is 0 Å². The molecule has 1 fully saturated rings. The lowest BCUT2D eigenvalue weighted by Gasteiger charge is -2.20. The zero-order valence-electron chi connectivity index (χ0n) is 18.3. The smallest absolute Gasteiger partial charge is 0.253 e. The largest absolute Gasteiger partial charge is 0.494 e. The van der Waals surface area contributed by atoms with Crippen LogP contribution in [0.5, 0.6) is 5.75 Å². The van der Waals surface area contributed by atoms with E-state index < -0.39 is 0 Å². The molecule has 1 saturated heterocycles. The number of likely N-dealkylation sites (tertiary alicyclic amines) is 1. The van der Waals surface area contributed by atoms with Crippen molar-refractivity contribution in [3.05, 3.63) is 65.7 Å². The monoisotopic (exact) mass is 451 g/mol. The van der Waals surface area contributed by atoms with Gasteiger partial charge in [-0.1, -0.05) is 25.0 Å². The topological polar surface area (TPSA) is 70.7 Å². The summed E-state index contributed by atoms with van der Waals surface area (Å²) in [6, 6.07) is 14.6. The number of ether oxygens (including phenoxy) is 1. The lowest BCUT2D eigenvalue weighted by molar-refractivity contribution is -0.115. The van der Waals surface area contributed by atoms with E-state index in [1.807, 2.05) is 36.1 Å². The van der Waals surface area contributed by atoms with Crippen LogP contribution in [0.1, 0.15) is 48.5 Å². The summed E-state index contributed by atoms with van der Waals surface area (Å²) in [7, 11) is 0. The third kappa shape index (κ3) is 7.20. The van der Waals surface area contributed by atoms with E-state index in [2.05, 4.69) is 10.6 Å². The Morgan fingerprint density at radius 2 is 1.66 bits per heavy atom. The summed E-state index contributed by atoms with van der Waals surface area (Å²) < 4.78 is 5.40. The number of carbonyl (C=O) groups is 2. The number of anilines is 1. The molecule has 2 N–H and O–H groups in total. The van der Waals surface area contributed by atoms with Crippen molar-refractivity contribution in [2.24, 2.45) is 0 Å². The molecule has 6 nitrogen and oxygen atoms in total. The summed E-state index contributed by atoms with van der Waals surface area (Å²) in [5.74, 6) is 0.525. The van der Waals surface area contributed by atoms with Gasteiger partial charge in [-0.25, -0.2) is 0 Å². The summed E-state index contributed by atoms with van der Waals surface area (Å²) in [4.78, 5) is 26.7. The van der Waals surface area contributed by atoms with Gasteiger partial charge in [-0.05, 0) is 80.0 Å². The molecule has 0 saturated carbocycles. The van der Waals surface area contributed by atoms with Crippen molar-refractivity contribution in [1.82, 2.24) is 10.2 Å². The molecule has 2 aromatic rings. The van der Waals surface area contributed by atoms with Gasteiger partial charge in [-0.3, -0.25) is 14.9 Å². The summed E-state index contributed by atoms with van der Waals surface area (Å²) in [5.41, 5.74) is 2.25. The summed E-state index contributed by atoms with van der Waals surface area (Å²) >= 11 is 5.22. The van der Waals surface area contributed by atoms with Crippen molar-refractivity contribution >= 4 is 40.9 Å². The second-order valence-electron chi connectivity index (χ2n) is 7.56. The molecule has 1 aliphatic heterocycles. The lowest BCUT2D eigenvalue weighted by atomic mass is 10.1. The highest BCUT2D eigenvalue weighted by Crippen LogP contribution is 2.16. The Kier molecular flexibility index (Phi) is 8.80. The van der Waals surface area contributed by atoms with Crippen molar-refractivity contribution in [3.63, 3.8) is 0 Å². The lowest BCUT2D eigenvalue weighted by Crippen LogP contribution is -2.33. The molecule has 0 aromatic heterocycles. The van der Waals surface area contributed by atoms with Gasteiger partial charge in [-0.15, -0.1) is 0 Å². The zero-order chi connectivity index (χ0) is 22.8. The van der Waals surface area contributed by atoms with Crippen LogP contribution in [0.15, 0.2) is 54.6 Å². The fraction of sp³-hybridized carbons (Fsp3) is 0.320. The number of amides is 2. The van der Waals surface area contributed by atoms with Crippen molar-refractivity contribution in [1.29, 1.82) is 0 Å². The van der Waals surface area contributed by atoms with Crippen LogP contribution in [0.3, 0.4) is 0 Å². The molecule has 0 unspecified atom stereocenters. The van der Waals surface area contributed by atoms with Crippen LogP contribution < -0.4 is 15.4 Å². The van der Waals surface area contributed by atoms with Crippen LogP contribution in [-0.4, -0.2) is 41.5 Å². The highest BCUT2D eigenvalue weighted by Gasteiger charge is 2.17. The minimum atomic E-state index is -0.329. The molecule has 7 heteroatoms. The van der Waals surface area contributed by atoms with Crippen LogP contribution >= 0.6 is 12.2 Å². The Labute approximate surface area is 194 Å². The molecule has 2 aromatic carbocycles. The van der Waals surface area contributed by atoms with Crippen molar-refractivity contribution in [2.75, 3.05) is 25.0 Å². The molecule has 3 rings (SSSR count). The maximum Gasteiger partial charge on any atom is 0.253 e. The van der Waals surface area contributed by atoms with Crippen LogP contribution in [0.2, 0.25) is 0 Å². The third-order valence-corrected chi connectivity index (χ3v) is 5.34. The average molecular weight is 452 g/mol. The van der Waals surface area contributed by atoms with E-state index in [9.17, 15) is 9.59 Å². The number of benzene rings is 2. The fourth-order valence-electron chi connectivity index (χ4n) is 3.48. The molecule has 0 spiro atoms. The van der Waals surface area contributed by atoms with Gasteiger partial charge in [0.2, 0.25) is 5.91 Å². The van der Waals surface area contributed by atoms with Crippen LogP contribution in [-0.2, 0) is 4.79 Å². The van der Waals surface area contributed by atoms with Crippen LogP contribution in [0.4, 0.5) is 5.69 Å².